The molecule has 2 aromatic carbocycles. The zero-order chi connectivity index (χ0) is 21.7. The molecule has 0 radical (unpaired) electrons. The number of hydroxylamine groups is 1. The molecule has 0 aromatic heterocycles. The highest BCUT2D eigenvalue weighted by molar-refractivity contribution is 7.89. The zero-order valence-corrected chi connectivity index (χ0v) is 17.2. The van der Waals surface area contributed by atoms with Gasteiger partial charge in [-0.2, -0.15) is 4.31 Å². The van der Waals surface area contributed by atoms with E-state index in [9.17, 15) is 23.5 Å². The van der Waals surface area contributed by atoms with Crippen molar-refractivity contribution >= 4 is 15.9 Å². The van der Waals surface area contributed by atoms with Gasteiger partial charge in [-0.15, -0.1) is 0 Å². The normalized spacial score (nSPS) is 20.9. The van der Waals surface area contributed by atoms with Gasteiger partial charge in [-0.05, 0) is 36.2 Å². The Kier molecular flexibility index (Phi) is 6.88. The Hall–Kier alpha value is -2.72. The molecule has 8 nitrogen and oxygen atoms in total. The molecule has 1 aliphatic heterocycles. The van der Waals surface area contributed by atoms with E-state index in [2.05, 4.69) is 0 Å². The second-order valence-electron chi connectivity index (χ2n) is 6.90. The summed E-state index contributed by atoms with van der Waals surface area (Å²) in [6, 6.07) is 13.2. The fourth-order valence-electron chi connectivity index (χ4n) is 3.61. The molecule has 1 amide bonds. The van der Waals surface area contributed by atoms with Crippen LogP contribution in [0, 0.1) is 5.92 Å². The van der Waals surface area contributed by atoms with E-state index in [0.29, 0.717) is 11.3 Å². The van der Waals surface area contributed by atoms with Gasteiger partial charge >= 0.3 is 0 Å². The standard InChI is InChI=1S/C21H24N2O6S/c1-29-16-10-12-17(13-11-16)30(27,28)23-14-6-5-9-18(19(23)21(25)22-26)20(24)15-7-3-2-4-8-15/h2-8,10-13,18-20,24,26H,9,14H2,1H3,(H,22,25). The lowest BCUT2D eigenvalue weighted by atomic mass is 9.86. The zero-order valence-electron chi connectivity index (χ0n) is 16.4. The van der Waals surface area contributed by atoms with Gasteiger partial charge in [0, 0.05) is 12.5 Å². The van der Waals surface area contributed by atoms with Gasteiger partial charge in [-0.1, -0.05) is 42.5 Å². The number of ether oxygens (including phenoxy) is 1. The van der Waals surface area contributed by atoms with Crippen molar-refractivity contribution in [2.45, 2.75) is 23.5 Å². The number of methoxy groups -OCH3 is 1. The summed E-state index contributed by atoms with van der Waals surface area (Å²) in [4.78, 5) is 12.6. The molecule has 3 atom stereocenters. The molecule has 0 saturated carbocycles. The molecule has 3 N–H and O–H groups in total. The molecule has 0 spiro atoms. The lowest BCUT2D eigenvalue weighted by molar-refractivity contribution is -0.136. The number of rotatable bonds is 6. The van der Waals surface area contributed by atoms with Crippen LogP contribution in [0.5, 0.6) is 5.75 Å². The number of amides is 1. The average Bonchev–Trinajstić information content (AvgIpc) is 3.02. The quantitative estimate of drug-likeness (QED) is 0.365. The lowest BCUT2D eigenvalue weighted by Crippen LogP contribution is -2.53. The molecule has 1 aliphatic rings. The van der Waals surface area contributed by atoms with E-state index in [-0.39, 0.29) is 17.9 Å². The molecule has 3 unspecified atom stereocenters. The Morgan fingerprint density at radius 2 is 1.80 bits per heavy atom. The Bertz CT molecular complexity index is 992. The lowest BCUT2D eigenvalue weighted by Gasteiger charge is -2.35. The highest BCUT2D eigenvalue weighted by atomic mass is 32.2. The molecule has 3 rings (SSSR count). The smallest absolute Gasteiger partial charge is 0.262 e. The second-order valence-corrected chi connectivity index (χ2v) is 8.79. The summed E-state index contributed by atoms with van der Waals surface area (Å²) in [5.41, 5.74) is 2.12. The number of hydrogen-bond donors (Lipinski definition) is 3. The predicted octanol–water partition coefficient (Wildman–Crippen LogP) is 1.87. The van der Waals surface area contributed by atoms with E-state index in [0.717, 1.165) is 4.31 Å². The molecule has 0 aliphatic carbocycles. The van der Waals surface area contributed by atoms with Gasteiger partial charge in [0.1, 0.15) is 11.8 Å². The first-order chi connectivity index (χ1) is 14.4. The number of sulfonamides is 1. The van der Waals surface area contributed by atoms with Gasteiger partial charge in [0.2, 0.25) is 10.0 Å². The molecule has 0 saturated heterocycles. The van der Waals surface area contributed by atoms with Crippen LogP contribution in [-0.4, -0.2) is 48.6 Å². The van der Waals surface area contributed by atoms with Crippen molar-refractivity contribution in [3.8, 4) is 5.75 Å². The third-order valence-corrected chi connectivity index (χ3v) is 7.03. The molecule has 160 valence electrons. The average molecular weight is 432 g/mol. The van der Waals surface area contributed by atoms with E-state index in [4.69, 9.17) is 4.74 Å². The van der Waals surface area contributed by atoms with Gasteiger partial charge in [-0.25, -0.2) is 13.9 Å². The van der Waals surface area contributed by atoms with E-state index < -0.39 is 34.0 Å². The third-order valence-electron chi connectivity index (χ3n) is 5.17. The Balaban J connectivity index is 2.04. The molecule has 2 aromatic rings. The van der Waals surface area contributed by atoms with Crippen LogP contribution < -0.4 is 10.2 Å². The predicted molar refractivity (Wildman–Crippen MR) is 109 cm³/mol. The van der Waals surface area contributed by atoms with Crippen molar-refractivity contribution in [2.75, 3.05) is 13.7 Å². The Labute approximate surface area is 175 Å². The highest BCUT2D eigenvalue weighted by Crippen LogP contribution is 2.35. The van der Waals surface area contributed by atoms with Crippen LogP contribution in [-0.2, 0) is 14.8 Å². The second kappa shape index (κ2) is 9.40. The van der Waals surface area contributed by atoms with E-state index in [1.807, 2.05) is 0 Å². The number of benzene rings is 2. The van der Waals surface area contributed by atoms with Crippen molar-refractivity contribution < 1.29 is 28.3 Å². The van der Waals surface area contributed by atoms with Crippen LogP contribution in [0.15, 0.2) is 71.6 Å². The summed E-state index contributed by atoms with van der Waals surface area (Å²) in [7, 11) is -2.65. The van der Waals surface area contributed by atoms with Crippen molar-refractivity contribution in [1.82, 2.24) is 9.79 Å². The number of nitrogens with one attached hydrogen (secondary N) is 1. The van der Waals surface area contributed by atoms with Gasteiger partial charge in [0.25, 0.3) is 5.91 Å². The largest absolute Gasteiger partial charge is 0.497 e. The minimum absolute atomic E-state index is 0.0257. The van der Waals surface area contributed by atoms with Gasteiger partial charge < -0.3 is 9.84 Å². The molecule has 0 bridgehead atoms. The maximum absolute atomic E-state index is 13.4. The number of allylic oxidation sites excluding steroid dienone is 1. The van der Waals surface area contributed by atoms with Crippen LogP contribution in [0.25, 0.3) is 0 Å². The van der Waals surface area contributed by atoms with Crippen molar-refractivity contribution in [1.29, 1.82) is 0 Å². The van der Waals surface area contributed by atoms with E-state index in [1.54, 1.807) is 48.0 Å². The number of carbonyl (C=O) groups is 1. The maximum atomic E-state index is 13.4. The van der Waals surface area contributed by atoms with Crippen molar-refractivity contribution in [3.05, 3.63) is 72.3 Å². The molecule has 30 heavy (non-hydrogen) atoms. The first-order valence-corrected chi connectivity index (χ1v) is 10.8. The van der Waals surface area contributed by atoms with E-state index >= 15 is 0 Å². The Morgan fingerprint density at radius 3 is 2.40 bits per heavy atom. The molecule has 9 heteroatoms. The van der Waals surface area contributed by atoms with Crippen molar-refractivity contribution in [3.63, 3.8) is 0 Å². The van der Waals surface area contributed by atoms with Crippen LogP contribution in [0.4, 0.5) is 0 Å². The maximum Gasteiger partial charge on any atom is 0.262 e. The monoisotopic (exact) mass is 432 g/mol. The minimum Gasteiger partial charge on any atom is -0.497 e. The van der Waals surface area contributed by atoms with Crippen LogP contribution in [0.2, 0.25) is 0 Å². The first-order valence-electron chi connectivity index (χ1n) is 9.38. The number of aliphatic hydroxyl groups is 1. The summed E-state index contributed by atoms with van der Waals surface area (Å²) in [6.07, 6.45) is 2.50. The summed E-state index contributed by atoms with van der Waals surface area (Å²) >= 11 is 0. The van der Waals surface area contributed by atoms with Crippen LogP contribution in [0.3, 0.4) is 0 Å². The van der Waals surface area contributed by atoms with E-state index in [1.165, 1.54) is 31.4 Å². The fraction of sp³-hybridized carbons (Fsp3) is 0.286. The summed E-state index contributed by atoms with van der Waals surface area (Å²) in [5, 5.41) is 20.3. The third kappa shape index (κ3) is 4.39. The highest BCUT2D eigenvalue weighted by Gasteiger charge is 2.44. The molecule has 0 fully saturated rings. The number of carbonyl (C=O) groups excluding carboxylic acids is 1. The van der Waals surface area contributed by atoms with Gasteiger partial charge in [0.15, 0.2) is 0 Å². The summed E-state index contributed by atoms with van der Waals surface area (Å²) < 4.78 is 32.8. The number of aliphatic hydroxyl groups excluding tert-OH is 1. The first kappa shape index (κ1) is 22.0. The summed E-state index contributed by atoms with van der Waals surface area (Å²) in [5.74, 6) is -1.23. The number of nitrogens with zero attached hydrogens (tertiary/aromatic N) is 1. The SMILES string of the molecule is COc1ccc(S(=O)(=O)N2CC=CCC(C(O)c3ccccc3)C2C(=O)NO)cc1. The van der Waals surface area contributed by atoms with Crippen LogP contribution in [0.1, 0.15) is 18.1 Å². The fourth-order valence-corrected chi connectivity index (χ4v) is 5.19. The van der Waals surface area contributed by atoms with Crippen LogP contribution >= 0.6 is 0 Å². The molecular weight excluding hydrogens is 408 g/mol. The minimum atomic E-state index is -4.12. The topological polar surface area (TPSA) is 116 Å². The molecular formula is C21H24N2O6S. The molecule has 1 heterocycles. The van der Waals surface area contributed by atoms with Gasteiger partial charge in [0.05, 0.1) is 18.1 Å². The summed E-state index contributed by atoms with van der Waals surface area (Å²) in [6.45, 7) is -0.0789. The number of hydrogen-bond acceptors (Lipinski definition) is 6. The Morgan fingerprint density at radius 1 is 1.13 bits per heavy atom. The van der Waals surface area contributed by atoms with Gasteiger partial charge in [-0.3, -0.25) is 10.0 Å². The van der Waals surface area contributed by atoms with Crippen molar-refractivity contribution in [2.24, 2.45) is 5.92 Å².